The van der Waals surface area contributed by atoms with E-state index in [2.05, 4.69) is 22.4 Å². The van der Waals surface area contributed by atoms with E-state index in [1.54, 1.807) is 12.3 Å². The van der Waals surface area contributed by atoms with Crippen LogP contribution in [-0.4, -0.2) is 16.1 Å². The van der Waals surface area contributed by atoms with Crippen molar-refractivity contribution in [2.45, 2.75) is 26.7 Å². The van der Waals surface area contributed by atoms with Crippen LogP contribution in [0.1, 0.15) is 26.7 Å². The van der Waals surface area contributed by atoms with Gasteiger partial charge in [0.1, 0.15) is 5.82 Å². The third kappa shape index (κ3) is 2.89. The van der Waals surface area contributed by atoms with E-state index < -0.39 is 0 Å². The van der Waals surface area contributed by atoms with Crippen LogP contribution in [-0.2, 0) is 4.79 Å². The highest BCUT2D eigenvalue weighted by atomic mass is 16.1. The smallest absolute Gasteiger partial charge is 0.228 e. The van der Waals surface area contributed by atoms with E-state index >= 15 is 0 Å². The number of hydrogen-bond acceptors (Lipinski definition) is 2. The molecule has 4 nitrogen and oxygen atoms in total. The van der Waals surface area contributed by atoms with Crippen molar-refractivity contribution in [1.29, 1.82) is 0 Å². The van der Waals surface area contributed by atoms with E-state index in [0.717, 1.165) is 12.8 Å². The van der Waals surface area contributed by atoms with Gasteiger partial charge in [0, 0.05) is 12.0 Å². The number of aromatic nitrogens is 2. The summed E-state index contributed by atoms with van der Waals surface area (Å²) in [6.07, 6.45) is 3.55. The minimum atomic E-state index is 0.0473. The quantitative estimate of drug-likeness (QED) is 0.743. The molecule has 1 atom stereocenters. The van der Waals surface area contributed by atoms with Crippen molar-refractivity contribution in [2.75, 3.05) is 5.32 Å². The van der Waals surface area contributed by atoms with Gasteiger partial charge in [0.25, 0.3) is 0 Å². The van der Waals surface area contributed by atoms with Gasteiger partial charge in [-0.25, -0.2) is 0 Å². The van der Waals surface area contributed by atoms with E-state index in [0.29, 0.717) is 5.82 Å². The number of aromatic amines is 1. The summed E-state index contributed by atoms with van der Waals surface area (Å²) in [7, 11) is 0. The van der Waals surface area contributed by atoms with Gasteiger partial charge in [0.05, 0.1) is 6.20 Å². The van der Waals surface area contributed by atoms with Crippen molar-refractivity contribution < 1.29 is 4.79 Å². The van der Waals surface area contributed by atoms with Crippen molar-refractivity contribution in [3.8, 4) is 0 Å². The van der Waals surface area contributed by atoms with Crippen LogP contribution in [0.15, 0.2) is 12.3 Å². The number of carbonyl (C=O) groups excluding carboxylic acids is 1. The van der Waals surface area contributed by atoms with Crippen molar-refractivity contribution in [1.82, 2.24) is 10.2 Å². The minimum absolute atomic E-state index is 0.0473. The van der Waals surface area contributed by atoms with Crippen molar-refractivity contribution in [3.63, 3.8) is 0 Å². The average Bonchev–Trinajstić information content (AvgIpc) is 2.57. The third-order valence-corrected chi connectivity index (χ3v) is 1.93. The number of H-pyrrole nitrogens is 1. The molecule has 0 aliphatic heterocycles. The Kier molecular flexibility index (Phi) is 3.49. The summed E-state index contributed by atoms with van der Waals surface area (Å²) in [6.45, 7) is 4.00. The van der Waals surface area contributed by atoms with Crippen LogP contribution >= 0.6 is 0 Å². The number of amides is 1. The lowest BCUT2D eigenvalue weighted by Gasteiger charge is -2.08. The molecular formula is C9H15N3O. The molecule has 1 heterocycles. The lowest BCUT2D eigenvalue weighted by atomic mass is 10.1. The first kappa shape index (κ1) is 9.77. The minimum Gasteiger partial charge on any atom is -0.311 e. The molecule has 2 N–H and O–H groups in total. The van der Waals surface area contributed by atoms with Gasteiger partial charge in [0.15, 0.2) is 0 Å². The summed E-state index contributed by atoms with van der Waals surface area (Å²) in [4.78, 5) is 11.4. The SMILES string of the molecule is CCCC(C)C(=O)Nc1ccn[nH]1. The van der Waals surface area contributed by atoms with Gasteiger partial charge < -0.3 is 5.32 Å². The average molecular weight is 181 g/mol. The second kappa shape index (κ2) is 4.64. The molecule has 1 unspecified atom stereocenters. The maximum Gasteiger partial charge on any atom is 0.228 e. The maximum absolute atomic E-state index is 11.4. The van der Waals surface area contributed by atoms with E-state index in [1.807, 2.05) is 6.92 Å². The predicted molar refractivity (Wildman–Crippen MR) is 51.3 cm³/mol. The molecule has 13 heavy (non-hydrogen) atoms. The number of nitrogens with zero attached hydrogens (tertiary/aromatic N) is 1. The Morgan fingerprint density at radius 3 is 3.08 bits per heavy atom. The normalized spacial score (nSPS) is 12.5. The topological polar surface area (TPSA) is 57.8 Å². The Bertz CT molecular complexity index is 256. The molecule has 0 aliphatic carbocycles. The Balaban J connectivity index is 2.41. The Morgan fingerprint density at radius 1 is 1.77 bits per heavy atom. The lowest BCUT2D eigenvalue weighted by Crippen LogP contribution is -2.20. The van der Waals surface area contributed by atoms with E-state index in [9.17, 15) is 4.79 Å². The van der Waals surface area contributed by atoms with Crippen LogP contribution in [0, 0.1) is 5.92 Å². The fourth-order valence-electron chi connectivity index (χ4n) is 1.15. The number of carbonyl (C=O) groups is 1. The largest absolute Gasteiger partial charge is 0.311 e. The summed E-state index contributed by atoms with van der Waals surface area (Å²) in [5.41, 5.74) is 0. The van der Waals surface area contributed by atoms with Gasteiger partial charge >= 0.3 is 0 Å². The Morgan fingerprint density at radius 2 is 2.54 bits per heavy atom. The lowest BCUT2D eigenvalue weighted by molar-refractivity contribution is -0.119. The fourth-order valence-corrected chi connectivity index (χ4v) is 1.15. The van der Waals surface area contributed by atoms with Gasteiger partial charge in [-0.05, 0) is 6.42 Å². The summed E-state index contributed by atoms with van der Waals surface area (Å²) in [5.74, 6) is 0.771. The summed E-state index contributed by atoms with van der Waals surface area (Å²) in [6, 6.07) is 1.73. The first-order valence-corrected chi connectivity index (χ1v) is 4.54. The van der Waals surface area contributed by atoms with Crippen LogP contribution in [0.25, 0.3) is 0 Å². The molecule has 1 aromatic rings. The molecule has 0 spiro atoms. The molecule has 4 heteroatoms. The molecule has 0 saturated heterocycles. The van der Waals surface area contributed by atoms with Gasteiger partial charge in [-0.1, -0.05) is 20.3 Å². The van der Waals surface area contributed by atoms with Gasteiger partial charge in [0.2, 0.25) is 5.91 Å². The second-order valence-electron chi connectivity index (χ2n) is 3.15. The molecule has 0 bridgehead atoms. The molecule has 72 valence electrons. The number of hydrogen-bond donors (Lipinski definition) is 2. The van der Waals surface area contributed by atoms with Crippen molar-refractivity contribution in [2.24, 2.45) is 5.92 Å². The maximum atomic E-state index is 11.4. The first-order valence-electron chi connectivity index (χ1n) is 4.54. The standard InChI is InChI=1S/C9H15N3O/c1-3-4-7(2)9(13)11-8-5-6-10-12-8/h5-7H,3-4H2,1-2H3,(H2,10,11,12,13). The van der Waals surface area contributed by atoms with Crippen LogP contribution in [0.3, 0.4) is 0 Å². The molecule has 1 aromatic heterocycles. The zero-order valence-electron chi connectivity index (χ0n) is 8.00. The van der Waals surface area contributed by atoms with E-state index in [-0.39, 0.29) is 11.8 Å². The fraction of sp³-hybridized carbons (Fsp3) is 0.556. The van der Waals surface area contributed by atoms with E-state index in [1.165, 1.54) is 0 Å². The van der Waals surface area contributed by atoms with Gasteiger partial charge in [-0.2, -0.15) is 5.10 Å². The molecule has 1 amide bonds. The summed E-state index contributed by atoms with van der Waals surface area (Å²) in [5, 5.41) is 9.17. The van der Waals surface area contributed by atoms with Gasteiger partial charge in [-0.3, -0.25) is 9.89 Å². The number of rotatable bonds is 4. The van der Waals surface area contributed by atoms with Crippen LogP contribution in [0.5, 0.6) is 0 Å². The van der Waals surface area contributed by atoms with Crippen LogP contribution in [0.4, 0.5) is 5.82 Å². The molecule has 0 saturated carbocycles. The van der Waals surface area contributed by atoms with Crippen LogP contribution < -0.4 is 5.32 Å². The van der Waals surface area contributed by atoms with E-state index in [4.69, 9.17) is 0 Å². The summed E-state index contributed by atoms with van der Waals surface area (Å²) < 4.78 is 0. The molecule has 0 aromatic carbocycles. The first-order chi connectivity index (χ1) is 6.24. The molecule has 1 rings (SSSR count). The molecular weight excluding hydrogens is 166 g/mol. The number of nitrogens with one attached hydrogen (secondary N) is 2. The Labute approximate surface area is 77.7 Å². The predicted octanol–water partition coefficient (Wildman–Crippen LogP) is 1.78. The molecule has 0 aliphatic rings. The zero-order valence-corrected chi connectivity index (χ0v) is 8.00. The third-order valence-electron chi connectivity index (χ3n) is 1.93. The molecule has 0 fully saturated rings. The summed E-state index contributed by atoms with van der Waals surface area (Å²) >= 11 is 0. The van der Waals surface area contributed by atoms with Gasteiger partial charge in [-0.15, -0.1) is 0 Å². The van der Waals surface area contributed by atoms with Crippen LogP contribution in [0.2, 0.25) is 0 Å². The zero-order chi connectivity index (χ0) is 9.68. The second-order valence-corrected chi connectivity index (χ2v) is 3.15. The highest BCUT2D eigenvalue weighted by Gasteiger charge is 2.11. The van der Waals surface area contributed by atoms with Crippen molar-refractivity contribution in [3.05, 3.63) is 12.3 Å². The highest BCUT2D eigenvalue weighted by molar-refractivity contribution is 5.91. The van der Waals surface area contributed by atoms with Crippen molar-refractivity contribution >= 4 is 11.7 Å². The number of anilines is 1. The Hall–Kier alpha value is -1.32. The highest BCUT2D eigenvalue weighted by Crippen LogP contribution is 2.08. The molecule has 0 radical (unpaired) electrons. The monoisotopic (exact) mass is 181 g/mol.